The molecule has 0 spiro atoms. The minimum Gasteiger partial charge on any atom is -1.00 e. The van der Waals surface area contributed by atoms with Crippen molar-refractivity contribution in [1.29, 1.82) is 0 Å². The first-order valence-electron chi connectivity index (χ1n) is 2.03. The fraction of sp³-hybridized carbons (Fsp3) is 0.250. The summed E-state index contributed by atoms with van der Waals surface area (Å²) in [5.41, 5.74) is -0.0417. The number of aromatic nitrogens is 1. The molecule has 0 saturated carbocycles. The molecule has 0 aliphatic carbocycles. The zero-order valence-electron chi connectivity index (χ0n) is 7.33. The molecule has 1 aromatic heterocycles. The summed E-state index contributed by atoms with van der Waals surface area (Å²) < 4.78 is 2.01. The summed E-state index contributed by atoms with van der Waals surface area (Å²) in [4.78, 5) is 10.5. The van der Waals surface area contributed by atoms with E-state index in [9.17, 15) is 4.79 Å². The Morgan fingerprint density at radius 2 is 2.30 bits per heavy atom. The van der Waals surface area contributed by atoms with Crippen molar-refractivity contribution in [2.24, 2.45) is 7.05 Å². The predicted octanol–water partition coefficient (Wildman–Crippen LogP) is 1.37. The molecule has 0 unspecified atom stereocenters. The summed E-state index contributed by atoms with van der Waals surface area (Å²) in [6, 6.07) is 1.40. The van der Waals surface area contributed by atoms with E-state index in [0.717, 1.165) is 0 Å². The fourth-order valence-electron chi connectivity index (χ4n) is 0.390. The van der Waals surface area contributed by atoms with Gasteiger partial charge in [0.2, 0.25) is 0 Å². The molecule has 10 heavy (non-hydrogen) atoms. The second-order valence-electron chi connectivity index (χ2n) is 1.38. The molecule has 0 fully saturated rings. The van der Waals surface area contributed by atoms with Gasteiger partial charge in [-0.25, -0.2) is 0 Å². The molecule has 6 heteroatoms. The van der Waals surface area contributed by atoms with E-state index in [0.29, 0.717) is 4.34 Å². The molecule has 0 aliphatic heterocycles. The summed E-state index contributed by atoms with van der Waals surface area (Å²) in [5.74, 6) is 0. The van der Waals surface area contributed by atoms with Crippen LogP contribution in [0.4, 0.5) is 0 Å². The van der Waals surface area contributed by atoms with Gasteiger partial charge in [0.25, 0.3) is 5.56 Å². The monoisotopic (exact) mass is 211 g/mol. The van der Waals surface area contributed by atoms with Gasteiger partial charge in [0.15, 0.2) is 0 Å². The van der Waals surface area contributed by atoms with Crippen LogP contribution in [0.3, 0.4) is 0 Å². The van der Waals surface area contributed by atoms with Crippen molar-refractivity contribution in [3.8, 4) is 0 Å². The van der Waals surface area contributed by atoms with Gasteiger partial charge in [-0.15, -0.1) is 12.4 Å². The molecular formula is C4H7Cl2MgNOS. The van der Waals surface area contributed by atoms with Crippen LogP contribution in [0, 0.1) is 0 Å². The van der Waals surface area contributed by atoms with Gasteiger partial charge in [-0.1, -0.05) is 11.6 Å². The number of aryl methyl sites for hydroxylation is 1. The number of nitrogens with zero attached hydrogens (tertiary/aromatic N) is 1. The van der Waals surface area contributed by atoms with Crippen LogP contribution < -0.4 is 5.56 Å². The summed E-state index contributed by atoms with van der Waals surface area (Å²) in [6.07, 6.45) is 0. The average Bonchev–Trinajstić information content (AvgIpc) is 1.85. The second kappa shape index (κ2) is 5.43. The molecule has 0 saturated heterocycles. The van der Waals surface area contributed by atoms with Crippen LogP contribution in [-0.4, -0.2) is 27.0 Å². The molecule has 1 aromatic rings. The van der Waals surface area contributed by atoms with Crippen LogP contribution in [0.5, 0.6) is 0 Å². The van der Waals surface area contributed by atoms with Gasteiger partial charge in [0.05, 0.1) is 0 Å². The SMILES string of the molecule is Cl.Cn1sc(Cl)cc1=O.[H-].[H-].[Mg+2]. The van der Waals surface area contributed by atoms with E-state index in [1.807, 2.05) is 0 Å². The quantitative estimate of drug-likeness (QED) is 0.595. The predicted molar refractivity (Wildman–Crippen MR) is 49.8 cm³/mol. The molecule has 0 aliphatic rings. The van der Waals surface area contributed by atoms with Crippen LogP contribution in [0.15, 0.2) is 10.9 Å². The number of rotatable bonds is 0. The molecule has 2 nitrogen and oxygen atoms in total. The van der Waals surface area contributed by atoms with Crippen LogP contribution >= 0.6 is 35.5 Å². The molecule has 0 atom stereocenters. The van der Waals surface area contributed by atoms with Crippen molar-refractivity contribution < 1.29 is 2.85 Å². The third kappa shape index (κ3) is 3.25. The van der Waals surface area contributed by atoms with E-state index in [4.69, 9.17) is 11.6 Å². The maximum atomic E-state index is 10.5. The molecule has 1 rings (SSSR count). The standard InChI is InChI=1S/C4H4ClNOS.ClH.Mg.2H/c1-6-4(7)2-3(5)8-6;;;;/h2H,1H3;1H;;;/q;;+2;2*-1. The van der Waals surface area contributed by atoms with Crippen LogP contribution in [-0.2, 0) is 7.05 Å². The van der Waals surface area contributed by atoms with E-state index in [2.05, 4.69) is 0 Å². The van der Waals surface area contributed by atoms with Gasteiger partial charge in [-0.3, -0.25) is 8.75 Å². The van der Waals surface area contributed by atoms with Crippen molar-refractivity contribution in [2.45, 2.75) is 0 Å². The summed E-state index contributed by atoms with van der Waals surface area (Å²) >= 11 is 6.70. The van der Waals surface area contributed by atoms with Crippen molar-refractivity contribution in [2.75, 3.05) is 0 Å². The number of halogens is 2. The first kappa shape index (κ1) is 13.4. The Kier molecular flexibility index (Phi) is 7.26. The maximum Gasteiger partial charge on any atom is 2.00 e. The zero-order valence-corrected chi connectivity index (χ0v) is 9.14. The Balaban J connectivity index is -0.0000000800. The van der Waals surface area contributed by atoms with Gasteiger partial charge >= 0.3 is 23.1 Å². The van der Waals surface area contributed by atoms with Crippen LogP contribution in [0.25, 0.3) is 0 Å². The van der Waals surface area contributed by atoms with Gasteiger partial charge in [0, 0.05) is 13.1 Å². The minimum absolute atomic E-state index is 0. The second-order valence-corrected chi connectivity index (χ2v) is 3.18. The summed E-state index contributed by atoms with van der Waals surface area (Å²) in [6.45, 7) is 0. The van der Waals surface area contributed by atoms with Crippen molar-refractivity contribution in [1.82, 2.24) is 3.96 Å². The summed E-state index contributed by atoms with van der Waals surface area (Å²) in [5, 5.41) is 0. The molecule has 0 aromatic carbocycles. The van der Waals surface area contributed by atoms with E-state index in [1.165, 1.54) is 21.6 Å². The molecule has 0 radical (unpaired) electrons. The third-order valence-corrected chi connectivity index (χ3v) is 1.83. The number of hydrogen-bond acceptors (Lipinski definition) is 2. The topological polar surface area (TPSA) is 22.0 Å². The van der Waals surface area contributed by atoms with Gasteiger partial charge in [-0.2, -0.15) is 0 Å². The van der Waals surface area contributed by atoms with Crippen molar-refractivity contribution in [3.05, 3.63) is 20.8 Å². The first-order valence-corrected chi connectivity index (χ1v) is 3.18. The van der Waals surface area contributed by atoms with Gasteiger partial charge in [-0.05, 0) is 11.5 Å². The van der Waals surface area contributed by atoms with E-state index < -0.39 is 0 Å². The normalized spacial score (nSPS) is 7.80. The summed E-state index contributed by atoms with van der Waals surface area (Å²) in [7, 11) is 1.68. The molecular weight excluding hydrogens is 205 g/mol. The van der Waals surface area contributed by atoms with E-state index in [-0.39, 0.29) is 43.9 Å². The van der Waals surface area contributed by atoms with Crippen LogP contribution in [0.2, 0.25) is 4.34 Å². The Bertz CT molecular complexity index is 253. The van der Waals surface area contributed by atoms with Gasteiger partial charge in [0.1, 0.15) is 4.34 Å². The van der Waals surface area contributed by atoms with Gasteiger partial charge < -0.3 is 2.85 Å². The molecule has 1 heterocycles. The molecule has 0 N–H and O–H groups in total. The Morgan fingerprint density at radius 3 is 2.40 bits per heavy atom. The van der Waals surface area contributed by atoms with Crippen molar-refractivity contribution in [3.63, 3.8) is 0 Å². The maximum absolute atomic E-state index is 10.5. The third-order valence-electron chi connectivity index (χ3n) is 0.771. The van der Waals surface area contributed by atoms with Crippen molar-refractivity contribution >= 4 is 58.6 Å². The van der Waals surface area contributed by atoms with E-state index >= 15 is 0 Å². The number of hydrogen-bond donors (Lipinski definition) is 0. The zero-order chi connectivity index (χ0) is 6.15. The molecule has 0 bridgehead atoms. The Labute approximate surface area is 92.9 Å². The Hall–Kier alpha value is 0.776. The molecule has 0 amide bonds. The fourth-order valence-corrected chi connectivity index (χ4v) is 1.35. The van der Waals surface area contributed by atoms with E-state index in [1.54, 1.807) is 7.05 Å². The largest absolute Gasteiger partial charge is 2.00 e. The van der Waals surface area contributed by atoms with Crippen LogP contribution in [0.1, 0.15) is 2.85 Å². The first-order chi connectivity index (χ1) is 3.70. The molecule has 56 valence electrons. The average molecular weight is 212 g/mol. The minimum atomic E-state index is -0.0417. The smallest absolute Gasteiger partial charge is 1.00 e. The Morgan fingerprint density at radius 1 is 1.80 bits per heavy atom.